The number of aromatic nitrogens is 3. The number of hydrogen-bond acceptors (Lipinski definition) is 5. The van der Waals surface area contributed by atoms with Crippen LogP contribution in [-0.2, 0) is 26.2 Å². The van der Waals surface area contributed by atoms with Gasteiger partial charge in [-0.3, -0.25) is 4.68 Å². The molecule has 7 heteroatoms. The van der Waals surface area contributed by atoms with Crippen molar-refractivity contribution in [2.45, 2.75) is 78.8 Å². The fraction of sp³-hybridized carbons (Fsp3) is 0.882. The van der Waals surface area contributed by atoms with Crippen LogP contribution >= 0.6 is 0 Å². The van der Waals surface area contributed by atoms with E-state index in [1.807, 2.05) is 25.5 Å². The van der Waals surface area contributed by atoms with Crippen LogP contribution in [-0.4, -0.2) is 43.6 Å². The lowest BCUT2D eigenvalue weighted by Gasteiger charge is -2.28. The standard InChI is InChI=1S/C17H35N3O3Si/c1-5-9-10-11-13-17-16-20(19-18-17)14-12-15-24(21-6-2,22-7-3)23-8-4/h16H,5-15H2,1-4H3. The maximum absolute atomic E-state index is 5.88. The average molecular weight is 358 g/mol. The summed E-state index contributed by atoms with van der Waals surface area (Å²) in [5.41, 5.74) is 1.09. The first-order valence-corrected chi connectivity index (χ1v) is 11.4. The summed E-state index contributed by atoms with van der Waals surface area (Å²) < 4.78 is 19.6. The molecule has 0 unspecified atom stereocenters. The Kier molecular flexibility index (Phi) is 11.2. The number of rotatable bonds is 15. The molecule has 1 rings (SSSR count). The molecule has 0 saturated carbocycles. The number of unbranched alkanes of at least 4 members (excludes halogenated alkanes) is 3. The Balaban J connectivity index is 2.42. The minimum absolute atomic E-state index is 0.622. The van der Waals surface area contributed by atoms with Crippen molar-refractivity contribution >= 4 is 8.80 Å². The molecule has 0 aromatic carbocycles. The molecule has 1 aromatic rings. The van der Waals surface area contributed by atoms with Crippen LogP contribution in [0.25, 0.3) is 0 Å². The lowest BCUT2D eigenvalue weighted by molar-refractivity contribution is 0.0704. The van der Waals surface area contributed by atoms with Gasteiger partial charge in [0.1, 0.15) is 0 Å². The van der Waals surface area contributed by atoms with Gasteiger partial charge in [0.15, 0.2) is 0 Å². The first kappa shape index (κ1) is 21.3. The van der Waals surface area contributed by atoms with Gasteiger partial charge < -0.3 is 13.3 Å². The molecule has 0 spiro atoms. The van der Waals surface area contributed by atoms with Crippen molar-refractivity contribution in [1.29, 1.82) is 0 Å². The summed E-state index contributed by atoms with van der Waals surface area (Å²) in [4.78, 5) is 0. The van der Waals surface area contributed by atoms with Crippen LogP contribution in [0.2, 0.25) is 6.04 Å². The molecule has 140 valence electrons. The minimum Gasteiger partial charge on any atom is -0.374 e. The predicted octanol–water partition coefficient (Wildman–Crippen LogP) is 3.84. The SMILES string of the molecule is CCCCCCc1cn(CCC[Si](OCC)(OCC)OCC)nn1. The quantitative estimate of drug-likeness (QED) is 0.352. The van der Waals surface area contributed by atoms with E-state index in [9.17, 15) is 0 Å². The van der Waals surface area contributed by atoms with Crippen LogP contribution < -0.4 is 0 Å². The molecule has 0 bridgehead atoms. The van der Waals surface area contributed by atoms with Crippen molar-refractivity contribution in [3.8, 4) is 0 Å². The topological polar surface area (TPSA) is 58.4 Å². The normalized spacial score (nSPS) is 12.0. The fourth-order valence-electron chi connectivity index (χ4n) is 2.75. The second kappa shape index (κ2) is 12.6. The third-order valence-corrected chi connectivity index (χ3v) is 6.99. The van der Waals surface area contributed by atoms with Crippen LogP contribution in [0.4, 0.5) is 0 Å². The third-order valence-electron chi connectivity index (χ3n) is 3.84. The highest BCUT2D eigenvalue weighted by atomic mass is 28.4. The van der Waals surface area contributed by atoms with E-state index in [-0.39, 0.29) is 0 Å². The molecular weight excluding hydrogens is 322 g/mol. The molecular formula is C17H35N3O3Si. The van der Waals surface area contributed by atoms with Crippen molar-refractivity contribution in [3.05, 3.63) is 11.9 Å². The smallest absolute Gasteiger partial charge is 0.374 e. The van der Waals surface area contributed by atoms with Crippen LogP contribution in [0.3, 0.4) is 0 Å². The zero-order valence-corrected chi connectivity index (χ0v) is 16.9. The van der Waals surface area contributed by atoms with E-state index in [0.29, 0.717) is 19.8 Å². The minimum atomic E-state index is -2.53. The van der Waals surface area contributed by atoms with Crippen molar-refractivity contribution < 1.29 is 13.3 Å². The summed E-state index contributed by atoms with van der Waals surface area (Å²) in [5, 5.41) is 8.50. The molecule has 0 aliphatic rings. The van der Waals surface area contributed by atoms with Crippen molar-refractivity contribution in [2.75, 3.05) is 19.8 Å². The summed E-state index contributed by atoms with van der Waals surface area (Å²) in [5.74, 6) is 0. The highest BCUT2D eigenvalue weighted by Gasteiger charge is 2.39. The van der Waals surface area contributed by atoms with Gasteiger partial charge in [-0.05, 0) is 40.0 Å². The van der Waals surface area contributed by atoms with Gasteiger partial charge in [0.2, 0.25) is 0 Å². The molecule has 0 aliphatic heterocycles. The van der Waals surface area contributed by atoms with Crippen LogP contribution in [0.15, 0.2) is 6.20 Å². The van der Waals surface area contributed by atoms with Crippen LogP contribution in [0.5, 0.6) is 0 Å². The Hall–Kier alpha value is -0.763. The molecule has 0 saturated heterocycles. The Morgan fingerprint density at radius 1 is 0.917 bits per heavy atom. The summed E-state index contributed by atoms with van der Waals surface area (Å²) in [7, 11) is -2.53. The maximum atomic E-state index is 5.88. The first-order valence-electron chi connectivity index (χ1n) is 9.50. The van der Waals surface area contributed by atoms with Gasteiger partial charge in [0.05, 0.1) is 5.69 Å². The lowest BCUT2D eigenvalue weighted by atomic mass is 10.1. The molecule has 1 aromatic heterocycles. The number of hydrogen-bond donors (Lipinski definition) is 0. The molecule has 0 radical (unpaired) electrons. The van der Waals surface area contributed by atoms with Gasteiger partial charge in [-0.2, -0.15) is 0 Å². The molecule has 0 N–H and O–H groups in total. The van der Waals surface area contributed by atoms with E-state index in [4.69, 9.17) is 13.3 Å². The first-order chi connectivity index (χ1) is 11.7. The monoisotopic (exact) mass is 357 g/mol. The van der Waals surface area contributed by atoms with Gasteiger partial charge >= 0.3 is 8.80 Å². The van der Waals surface area contributed by atoms with E-state index in [0.717, 1.165) is 31.1 Å². The Labute approximate surface area is 148 Å². The predicted molar refractivity (Wildman–Crippen MR) is 97.9 cm³/mol. The second-order valence-electron chi connectivity index (χ2n) is 5.87. The van der Waals surface area contributed by atoms with Crippen LogP contribution in [0, 0.1) is 0 Å². The number of nitrogens with zero attached hydrogens (tertiary/aromatic N) is 3. The van der Waals surface area contributed by atoms with Crippen molar-refractivity contribution in [2.24, 2.45) is 0 Å². The summed E-state index contributed by atoms with van der Waals surface area (Å²) >= 11 is 0. The van der Waals surface area contributed by atoms with Crippen molar-refractivity contribution in [3.63, 3.8) is 0 Å². The van der Waals surface area contributed by atoms with Gasteiger partial charge in [0.25, 0.3) is 0 Å². The lowest BCUT2D eigenvalue weighted by Crippen LogP contribution is -2.46. The van der Waals surface area contributed by atoms with Gasteiger partial charge in [0, 0.05) is 38.6 Å². The largest absolute Gasteiger partial charge is 0.500 e. The molecule has 24 heavy (non-hydrogen) atoms. The highest BCUT2D eigenvalue weighted by Crippen LogP contribution is 2.18. The average Bonchev–Trinajstić information content (AvgIpc) is 3.00. The van der Waals surface area contributed by atoms with E-state index in [1.165, 1.54) is 25.7 Å². The number of aryl methyl sites for hydroxylation is 2. The molecule has 6 nitrogen and oxygen atoms in total. The van der Waals surface area contributed by atoms with Crippen LogP contribution in [0.1, 0.15) is 65.5 Å². The molecule has 0 fully saturated rings. The van der Waals surface area contributed by atoms with Crippen molar-refractivity contribution in [1.82, 2.24) is 15.0 Å². The summed E-state index contributed by atoms with van der Waals surface area (Å²) in [6.07, 6.45) is 9.04. The van der Waals surface area contributed by atoms with Gasteiger partial charge in [-0.25, -0.2) is 0 Å². The fourth-order valence-corrected chi connectivity index (χ4v) is 5.35. The van der Waals surface area contributed by atoms with E-state index >= 15 is 0 Å². The Morgan fingerprint density at radius 3 is 2.17 bits per heavy atom. The Morgan fingerprint density at radius 2 is 1.58 bits per heavy atom. The summed E-state index contributed by atoms with van der Waals surface area (Å²) in [6.45, 7) is 10.9. The molecule has 1 heterocycles. The third kappa shape index (κ3) is 7.87. The molecule has 0 aliphatic carbocycles. The van der Waals surface area contributed by atoms with Gasteiger partial charge in [-0.1, -0.05) is 31.4 Å². The van der Waals surface area contributed by atoms with E-state index in [1.54, 1.807) is 0 Å². The molecule has 0 atom stereocenters. The zero-order chi connectivity index (χ0) is 17.7. The van der Waals surface area contributed by atoms with E-state index < -0.39 is 8.80 Å². The highest BCUT2D eigenvalue weighted by molar-refractivity contribution is 6.60. The Bertz CT molecular complexity index is 412. The van der Waals surface area contributed by atoms with Gasteiger partial charge in [-0.15, -0.1) is 5.10 Å². The summed E-state index contributed by atoms with van der Waals surface area (Å²) in [6, 6.07) is 0.814. The second-order valence-corrected chi connectivity index (χ2v) is 8.60. The van der Waals surface area contributed by atoms with E-state index in [2.05, 4.69) is 23.4 Å². The zero-order valence-electron chi connectivity index (χ0n) is 15.9. The maximum Gasteiger partial charge on any atom is 0.500 e. The molecule has 0 amide bonds.